The molecule has 1 aromatic carbocycles. The zero-order valence-electron chi connectivity index (χ0n) is 22.7. The summed E-state index contributed by atoms with van der Waals surface area (Å²) in [7, 11) is 0. The molecule has 4 aliphatic rings. The fourth-order valence-electron chi connectivity index (χ4n) is 8.48. The summed E-state index contributed by atoms with van der Waals surface area (Å²) >= 11 is 3.91. The van der Waals surface area contributed by atoms with Crippen LogP contribution < -0.4 is 0 Å². The number of carbonyl (C=O) groups is 4. The van der Waals surface area contributed by atoms with Crippen LogP contribution in [-0.4, -0.2) is 51.8 Å². The van der Waals surface area contributed by atoms with Crippen LogP contribution in [0, 0.1) is 34.5 Å². The maximum Gasteiger partial charge on any atom is 0.339 e. The van der Waals surface area contributed by atoms with Crippen molar-refractivity contribution in [1.29, 1.82) is 0 Å². The van der Waals surface area contributed by atoms with Crippen LogP contribution in [0.1, 0.15) is 57.3 Å². The first-order valence-electron chi connectivity index (χ1n) is 13.6. The van der Waals surface area contributed by atoms with E-state index in [4.69, 9.17) is 9.47 Å². The number of esters is 2. The first-order valence-corrected chi connectivity index (χ1v) is 14.5. The lowest BCUT2D eigenvalue weighted by molar-refractivity contribution is -0.186. The maximum atomic E-state index is 14.1. The molecule has 0 heterocycles. The van der Waals surface area contributed by atoms with Crippen LogP contribution >= 0.6 is 15.9 Å². The van der Waals surface area contributed by atoms with Gasteiger partial charge in [0.25, 0.3) is 0 Å². The number of hydrogen-bond donors (Lipinski definition) is 1. The summed E-state index contributed by atoms with van der Waals surface area (Å²) in [6, 6.07) is 8.53. The van der Waals surface area contributed by atoms with E-state index in [-0.39, 0.29) is 40.7 Å². The van der Waals surface area contributed by atoms with Crippen LogP contribution in [-0.2, 0) is 23.9 Å². The van der Waals surface area contributed by atoms with Gasteiger partial charge in [0.2, 0.25) is 5.78 Å². The predicted octanol–water partition coefficient (Wildman–Crippen LogP) is 4.61. The van der Waals surface area contributed by atoms with Gasteiger partial charge in [-0.25, -0.2) is 4.79 Å². The Morgan fingerprint density at radius 3 is 2.51 bits per heavy atom. The van der Waals surface area contributed by atoms with Crippen molar-refractivity contribution in [3.63, 3.8) is 0 Å². The van der Waals surface area contributed by atoms with Gasteiger partial charge in [0.15, 0.2) is 18.0 Å². The average molecular weight is 600 g/mol. The number of Topliss-reactive ketones (excluding diaryl/α,β-unsaturated/α-hetero) is 1. The third kappa shape index (κ3) is 4.17. The molecule has 0 spiro atoms. The van der Waals surface area contributed by atoms with Crippen LogP contribution in [0.5, 0.6) is 0 Å². The first-order chi connectivity index (χ1) is 18.3. The molecule has 0 aromatic heterocycles. The molecular formula is C31H35BrO7. The smallest absolute Gasteiger partial charge is 0.339 e. The average Bonchev–Trinajstić information content (AvgIpc) is 3.10. The van der Waals surface area contributed by atoms with Crippen molar-refractivity contribution in [3.8, 4) is 0 Å². The molecule has 1 N–H and O–H groups in total. The summed E-state index contributed by atoms with van der Waals surface area (Å²) in [6.45, 7) is 6.66. The normalized spacial score (nSPS) is 40.6. The fourth-order valence-corrected chi connectivity index (χ4v) is 9.53. The lowest BCUT2D eigenvalue weighted by Gasteiger charge is -2.61. The minimum absolute atomic E-state index is 0.0446. The van der Waals surface area contributed by atoms with Crippen molar-refractivity contribution >= 4 is 39.4 Å². The number of carbonyl (C=O) groups excluding carboxylic acids is 4. The Labute approximate surface area is 237 Å². The van der Waals surface area contributed by atoms with E-state index in [1.807, 2.05) is 19.9 Å². The van der Waals surface area contributed by atoms with Crippen LogP contribution in [0.15, 0.2) is 54.1 Å². The zero-order chi connectivity index (χ0) is 28.3. The molecule has 5 rings (SSSR count). The third-order valence-electron chi connectivity index (χ3n) is 10.1. The highest BCUT2D eigenvalue weighted by atomic mass is 79.9. The minimum Gasteiger partial charge on any atom is -0.458 e. The van der Waals surface area contributed by atoms with E-state index in [1.165, 1.54) is 6.92 Å². The van der Waals surface area contributed by atoms with Gasteiger partial charge in [-0.05, 0) is 55.4 Å². The van der Waals surface area contributed by atoms with Gasteiger partial charge in [0.05, 0.1) is 11.7 Å². The molecule has 208 valence electrons. The molecule has 7 nitrogen and oxygen atoms in total. The Bertz CT molecular complexity index is 1270. The van der Waals surface area contributed by atoms with Gasteiger partial charge in [0, 0.05) is 34.4 Å². The lowest BCUT2D eigenvalue weighted by atomic mass is 9.46. The molecular weight excluding hydrogens is 564 g/mol. The van der Waals surface area contributed by atoms with Crippen molar-refractivity contribution in [2.75, 3.05) is 6.61 Å². The number of rotatable bonds is 5. The topological polar surface area (TPSA) is 107 Å². The predicted molar refractivity (Wildman–Crippen MR) is 147 cm³/mol. The fraction of sp³-hybridized carbons (Fsp3) is 0.548. The quantitative estimate of drug-likeness (QED) is 0.389. The van der Waals surface area contributed by atoms with Gasteiger partial charge in [-0.15, -0.1) is 0 Å². The SMILES string of the molecule is CC(=O)OCC(=O)[C@@]1(OC(=O)c2ccccc2)[C@H](C)C[C@H]2[C@H]3[C@H]([C@@H](O)C[C@@]21C)[C@@]1(C)C=CC(=O)C=C1C[C@H]3Br. The molecule has 3 saturated carbocycles. The minimum atomic E-state index is -1.60. The Morgan fingerprint density at radius 2 is 1.85 bits per heavy atom. The van der Waals surface area contributed by atoms with Gasteiger partial charge in [-0.1, -0.05) is 66.5 Å². The third-order valence-corrected chi connectivity index (χ3v) is 11.0. The van der Waals surface area contributed by atoms with E-state index < -0.39 is 46.9 Å². The summed E-state index contributed by atoms with van der Waals surface area (Å²) in [4.78, 5) is 51.4. The number of ether oxygens (including phenoxy) is 2. The van der Waals surface area contributed by atoms with E-state index in [0.717, 1.165) is 5.57 Å². The van der Waals surface area contributed by atoms with Gasteiger partial charge in [-0.3, -0.25) is 14.4 Å². The number of aliphatic hydroxyl groups excluding tert-OH is 1. The number of aliphatic hydroxyl groups is 1. The second kappa shape index (κ2) is 9.81. The number of benzene rings is 1. The molecule has 0 radical (unpaired) electrons. The Hall–Kier alpha value is -2.58. The zero-order valence-corrected chi connectivity index (χ0v) is 24.3. The second-order valence-electron chi connectivity index (χ2n) is 12.1. The van der Waals surface area contributed by atoms with E-state index in [9.17, 15) is 24.3 Å². The molecule has 3 fully saturated rings. The van der Waals surface area contributed by atoms with Crippen molar-refractivity contribution in [2.45, 2.75) is 63.5 Å². The highest BCUT2D eigenvalue weighted by molar-refractivity contribution is 9.09. The van der Waals surface area contributed by atoms with Crippen LogP contribution in [0.2, 0.25) is 0 Å². The number of halogens is 1. The van der Waals surface area contributed by atoms with Crippen molar-refractivity contribution < 1.29 is 33.8 Å². The van der Waals surface area contributed by atoms with E-state index >= 15 is 0 Å². The number of alkyl halides is 1. The largest absolute Gasteiger partial charge is 0.458 e. The van der Waals surface area contributed by atoms with Gasteiger partial charge < -0.3 is 14.6 Å². The van der Waals surface area contributed by atoms with Gasteiger partial charge >= 0.3 is 11.9 Å². The Morgan fingerprint density at radius 1 is 1.15 bits per heavy atom. The molecule has 0 aliphatic heterocycles. The van der Waals surface area contributed by atoms with Gasteiger partial charge in [0.1, 0.15) is 0 Å². The van der Waals surface area contributed by atoms with Crippen molar-refractivity contribution in [2.24, 2.45) is 34.5 Å². The molecule has 0 amide bonds. The van der Waals surface area contributed by atoms with E-state index in [0.29, 0.717) is 18.4 Å². The highest BCUT2D eigenvalue weighted by Crippen LogP contribution is 2.70. The molecule has 1 aromatic rings. The summed E-state index contributed by atoms with van der Waals surface area (Å²) in [6.07, 6.45) is 5.84. The maximum absolute atomic E-state index is 14.1. The van der Waals surface area contributed by atoms with Crippen LogP contribution in [0.25, 0.3) is 0 Å². The monoisotopic (exact) mass is 598 g/mol. The summed E-state index contributed by atoms with van der Waals surface area (Å²) < 4.78 is 11.4. The van der Waals surface area contributed by atoms with Gasteiger partial charge in [-0.2, -0.15) is 0 Å². The van der Waals surface area contributed by atoms with E-state index in [1.54, 1.807) is 42.5 Å². The molecule has 0 bridgehead atoms. The number of hydrogen-bond acceptors (Lipinski definition) is 7. The molecule has 39 heavy (non-hydrogen) atoms. The van der Waals surface area contributed by atoms with Crippen molar-refractivity contribution in [3.05, 3.63) is 59.7 Å². The summed E-state index contributed by atoms with van der Waals surface area (Å²) in [5, 5.41) is 11.9. The van der Waals surface area contributed by atoms with E-state index in [2.05, 4.69) is 22.9 Å². The standard InChI is InChI=1S/C31H35BrO7/c1-17-12-22-26-23(32)14-20-13-21(34)10-11-29(20,3)27(26)24(35)15-30(22,4)31(17,25(36)16-38-18(2)33)39-28(37)19-8-6-5-7-9-19/h5-11,13,17,22-24,26-27,35H,12,14-16H2,1-4H3/t17-,22+,23-,24+,26-,27+,29+,30+,31+/m1/s1. The Balaban J connectivity index is 1.60. The highest BCUT2D eigenvalue weighted by Gasteiger charge is 2.73. The molecule has 8 heteroatoms. The second-order valence-corrected chi connectivity index (χ2v) is 13.3. The first kappa shape index (κ1) is 28.0. The summed E-state index contributed by atoms with van der Waals surface area (Å²) in [5.41, 5.74) is -1.71. The number of ketones is 2. The summed E-state index contributed by atoms with van der Waals surface area (Å²) in [5.74, 6) is -2.46. The Kier molecular flexibility index (Phi) is 7.03. The lowest BCUT2D eigenvalue weighted by Crippen LogP contribution is -2.65. The molecule has 0 saturated heterocycles. The number of fused-ring (bicyclic) bond motifs is 5. The molecule has 0 unspecified atom stereocenters. The number of allylic oxidation sites excluding steroid dienone is 4. The van der Waals surface area contributed by atoms with Crippen LogP contribution in [0.4, 0.5) is 0 Å². The van der Waals surface area contributed by atoms with Crippen LogP contribution in [0.3, 0.4) is 0 Å². The van der Waals surface area contributed by atoms with Crippen molar-refractivity contribution in [1.82, 2.24) is 0 Å². The molecule has 9 atom stereocenters. The molecule has 4 aliphatic carbocycles.